The molecule has 0 fully saturated rings. The summed E-state index contributed by atoms with van der Waals surface area (Å²) in [5.74, 6) is -0.993. The highest BCUT2D eigenvalue weighted by atomic mass is 35.5. The fraction of sp³-hybridized carbons (Fsp3) is 0.235. The molecule has 0 bridgehead atoms. The molecule has 1 aromatic rings. The van der Waals surface area contributed by atoms with E-state index in [4.69, 9.17) is 22.6 Å². The summed E-state index contributed by atoms with van der Waals surface area (Å²) in [5, 5.41) is 3.10. The van der Waals surface area contributed by atoms with Crippen molar-refractivity contribution in [1.29, 1.82) is 0 Å². The van der Waals surface area contributed by atoms with Crippen molar-refractivity contribution in [2.75, 3.05) is 0 Å². The number of aliphatic imine (C=N–C) groups is 1. The lowest BCUT2D eigenvalue weighted by Crippen LogP contribution is -2.32. The van der Waals surface area contributed by atoms with Gasteiger partial charge in [0, 0.05) is 28.0 Å². The molecule has 2 aliphatic heterocycles. The topological polar surface area (TPSA) is 44.5 Å². The van der Waals surface area contributed by atoms with E-state index in [0.717, 1.165) is 10.8 Å². The van der Waals surface area contributed by atoms with Gasteiger partial charge in [-0.1, -0.05) is 29.8 Å². The molecule has 0 aromatic heterocycles. The zero-order valence-corrected chi connectivity index (χ0v) is 12.1. The van der Waals surface area contributed by atoms with Gasteiger partial charge in [0.05, 0.1) is 14.0 Å². The molecule has 1 unspecified atom stereocenters. The second-order valence-electron chi connectivity index (χ2n) is 4.68. The molecule has 1 aromatic carbocycles. The van der Waals surface area contributed by atoms with Crippen LogP contribution < -0.4 is 5.32 Å². The molecule has 0 radical (unpaired) electrons. The minimum absolute atomic E-state index is 0.0624. The third kappa shape index (κ3) is 2.88. The van der Waals surface area contributed by atoms with Gasteiger partial charge in [-0.15, -0.1) is 0 Å². The summed E-state index contributed by atoms with van der Waals surface area (Å²) < 4.78 is 63.0. The summed E-state index contributed by atoms with van der Waals surface area (Å²) in [7, 11) is 0. The standard InChI is InChI=1S/C17H16ClN3O/c1-11-3-8-15-20-12(2)16(21(15)10-11)17(22)19-9-13-4-6-14(18)7-5-13/h3-7,10H,8-9H2,1-2H3/p+1/i1D3,2D3,3D,8D. The predicted octanol–water partition coefficient (Wildman–Crippen LogP) is 3.03. The number of amides is 1. The molecular weight excluding hydrogens is 298 g/mol. The summed E-state index contributed by atoms with van der Waals surface area (Å²) in [6.45, 7) is -5.43. The first-order valence-corrected chi connectivity index (χ1v) is 6.82. The Morgan fingerprint density at radius 2 is 2.32 bits per heavy atom. The highest BCUT2D eigenvalue weighted by Crippen LogP contribution is 2.21. The highest BCUT2D eigenvalue weighted by molar-refractivity contribution is 6.30. The average molecular weight is 323 g/mol. The van der Waals surface area contributed by atoms with E-state index in [2.05, 4.69) is 10.3 Å². The van der Waals surface area contributed by atoms with Crippen LogP contribution in [0.1, 0.15) is 36.6 Å². The summed E-state index contributed by atoms with van der Waals surface area (Å²) in [6.07, 6.45) is -0.542. The van der Waals surface area contributed by atoms with Crippen molar-refractivity contribution in [3.63, 3.8) is 0 Å². The van der Waals surface area contributed by atoms with Crippen LogP contribution in [-0.2, 0) is 11.3 Å². The second kappa shape index (κ2) is 5.89. The van der Waals surface area contributed by atoms with Gasteiger partial charge in [-0.3, -0.25) is 4.79 Å². The van der Waals surface area contributed by atoms with Crippen LogP contribution in [0.5, 0.6) is 0 Å². The molecule has 1 amide bonds. The zero-order chi connectivity index (χ0) is 22.4. The van der Waals surface area contributed by atoms with E-state index in [0.29, 0.717) is 10.6 Å². The Bertz CT molecular complexity index is 1020. The summed E-state index contributed by atoms with van der Waals surface area (Å²) in [4.78, 5) is 16.8. The summed E-state index contributed by atoms with van der Waals surface area (Å²) >= 11 is 5.83. The number of hydrogen-bond donors (Lipinski definition) is 1. The fourth-order valence-electron chi connectivity index (χ4n) is 2.08. The number of nitrogens with zero attached hydrogens (tertiary/aromatic N) is 2. The van der Waals surface area contributed by atoms with E-state index in [-0.39, 0.29) is 18.1 Å². The van der Waals surface area contributed by atoms with Crippen molar-refractivity contribution in [2.45, 2.75) is 26.6 Å². The first-order chi connectivity index (χ1) is 13.8. The van der Waals surface area contributed by atoms with Crippen molar-refractivity contribution in [3.8, 4) is 0 Å². The number of rotatable bonds is 3. The third-order valence-electron chi connectivity index (χ3n) is 3.13. The lowest BCUT2D eigenvalue weighted by atomic mass is 10.2. The lowest BCUT2D eigenvalue weighted by molar-refractivity contribution is -0.337. The molecule has 22 heavy (non-hydrogen) atoms. The van der Waals surface area contributed by atoms with E-state index >= 15 is 0 Å². The summed E-state index contributed by atoms with van der Waals surface area (Å²) in [6, 6.07) is 6.14. The molecule has 0 aliphatic carbocycles. The van der Waals surface area contributed by atoms with Crippen LogP contribution in [-0.4, -0.2) is 22.5 Å². The molecule has 1 atom stereocenters. The number of carbonyl (C=O) groups excluding carboxylic acids is 1. The van der Waals surface area contributed by atoms with E-state index < -0.39 is 43.3 Å². The first kappa shape index (κ1) is 7.88. The number of amidine groups is 1. The number of halogens is 1. The van der Waals surface area contributed by atoms with Crippen molar-refractivity contribution in [2.24, 2.45) is 4.99 Å². The Hall–Kier alpha value is -2.20. The highest BCUT2D eigenvalue weighted by Gasteiger charge is 2.35. The van der Waals surface area contributed by atoms with Crippen LogP contribution in [0.15, 0.2) is 52.3 Å². The molecule has 4 nitrogen and oxygen atoms in total. The minimum atomic E-state index is -2.78. The fourth-order valence-corrected chi connectivity index (χ4v) is 2.20. The van der Waals surface area contributed by atoms with Crippen LogP contribution in [0.4, 0.5) is 0 Å². The van der Waals surface area contributed by atoms with Gasteiger partial charge in [0.25, 0.3) is 5.91 Å². The molecule has 3 rings (SSSR count). The normalized spacial score (nSPS) is 27.0. The van der Waals surface area contributed by atoms with Crippen LogP contribution in [0.2, 0.25) is 5.02 Å². The van der Waals surface area contributed by atoms with E-state index in [1.165, 1.54) is 0 Å². The number of allylic oxidation sites excluding steroid dienone is 2. The number of nitrogens with one attached hydrogen (secondary N) is 1. The third-order valence-corrected chi connectivity index (χ3v) is 3.39. The molecular formula is C17H17ClN3O+. The van der Waals surface area contributed by atoms with Crippen LogP contribution in [0, 0.1) is 0 Å². The van der Waals surface area contributed by atoms with Gasteiger partial charge in [0.2, 0.25) is 11.4 Å². The Morgan fingerprint density at radius 1 is 1.50 bits per heavy atom. The van der Waals surface area contributed by atoms with Crippen LogP contribution >= 0.6 is 11.6 Å². The molecule has 2 aliphatic rings. The Morgan fingerprint density at radius 3 is 3.05 bits per heavy atom. The molecule has 5 heteroatoms. The van der Waals surface area contributed by atoms with Gasteiger partial charge in [0.1, 0.15) is 0 Å². The largest absolute Gasteiger partial charge is 0.345 e. The molecule has 0 saturated heterocycles. The number of benzene rings is 1. The van der Waals surface area contributed by atoms with Gasteiger partial charge in [-0.05, 0) is 35.1 Å². The monoisotopic (exact) mass is 322 g/mol. The van der Waals surface area contributed by atoms with Crippen molar-refractivity contribution >= 4 is 29.6 Å². The minimum Gasteiger partial charge on any atom is -0.345 e. The molecule has 1 N–H and O–H groups in total. The maximum atomic E-state index is 12.9. The van der Waals surface area contributed by atoms with E-state index in [1.807, 2.05) is 0 Å². The smallest absolute Gasteiger partial charge is 0.308 e. The van der Waals surface area contributed by atoms with Crippen LogP contribution in [0.3, 0.4) is 0 Å². The Labute approximate surface area is 145 Å². The second-order valence-corrected chi connectivity index (χ2v) is 5.11. The van der Waals surface area contributed by atoms with Gasteiger partial charge in [0.15, 0.2) is 0 Å². The number of fused-ring (bicyclic) bond motifs is 1. The quantitative estimate of drug-likeness (QED) is 0.854. The average Bonchev–Trinajstić information content (AvgIpc) is 3.03. The van der Waals surface area contributed by atoms with Crippen molar-refractivity contribution in [1.82, 2.24) is 5.32 Å². The predicted molar refractivity (Wildman–Crippen MR) is 88.1 cm³/mol. The van der Waals surface area contributed by atoms with Crippen molar-refractivity contribution in [3.05, 3.63) is 57.9 Å². The molecule has 2 heterocycles. The van der Waals surface area contributed by atoms with Gasteiger partial charge in [-0.25, -0.2) is 0 Å². The SMILES string of the molecule is [2H]C1=C(C([2H])([2H])[2H])C=[N+]2C(=NC(C([2H])([2H])[2H])=C2C(=O)NCc2ccc(Cl)cc2)C1[2H]. The van der Waals surface area contributed by atoms with E-state index in [1.54, 1.807) is 24.3 Å². The van der Waals surface area contributed by atoms with Crippen molar-refractivity contribution < 1.29 is 20.3 Å². The molecule has 0 saturated carbocycles. The number of hydrogen-bond acceptors (Lipinski definition) is 2. The first-order valence-electron chi connectivity index (χ1n) is 10.5. The lowest BCUT2D eigenvalue weighted by Gasteiger charge is -2.09. The van der Waals surface area contributed by atoms with Gasteiger partial charge in [-0.2, -0.15) is 4.58 Å². The molecule has 112 valence electrons. The Kier molecular flexibility index (Phi) is 2.11. The van der Waals surface area contributed by atoms with Gasteiger partial charge >= 0.3 is 5.84 Å². The number of carbonyl (C=O) groups is 1. The maximum absolute atomic E-state index is 12.9. The van der Waals surface area contributed by atoms with Crippen LogP contribution in [0.25, 0.3) is 0 Å². The molecule has 0 spiro atoms. The van der Waals surface area contributed by atoms with Gasteiger partial charge < -0.3 is 5.32 Å². The zero-order valence-electron chi connectivity index (χ0n) is 19.4. The van der Waals surface area contributed by atoms with E-state index in [9.17, 15) is 4.79 Å². The summed E-state index contributed by atoms with van der Waals surface area (Å²) in [5.41, 5.74) is -0.679. The Balaban J connectivity index is 2.01. The maximum Gasteiger partial charge on any atom is 0.308 e.